The van der Waals surface area contributed by atoms with Crippen molar-refractivity contribution in [1.82, 2.24) is 5.32 Å². The van der Waals surface area contributed by atoms with Gasteiger partial charge < -0.3 is 19.7 Å². The van der Waals surface area contributed by atoms with Crippen molar-refractivity contribution in [2.75, 3.05) is 0 Å². The molecule has 1 fully saturated rings. The van der Waals surface area contributed by atoms with Gasteiger partial charge in [-0.05, 0) is 58.1 Å². The second-order valence-electron chi connectivity index (χ2n) is 7.87. The number of nitrogens with one attached hydrogen (secondary N) is 1. The zero-order valence-electron chi connectivity index (χ0n) is 15.2. The Balaban J connectivity index is 1.97. The third kappa shape index (κ3) is 3.27. The van der Waals surface area contributed by atoms with Gasteiger partial charge in [-0.15, -0.1) is 0 Å². The zero-order valence-corrected chi connectivity index (χ0v) is 15.2. The molecule has 0 spiro atoms. The molecule has 1 amide bonds. The molecule has 0 radical (unpaired) electrons. The number of benzene rings is 1. The van der Waals surface area contributed by atoms with Crippen LogP contribution in [-0.4, -0.2) is 29.5 Å². The predicted molar refractivity (Wildman–Crippen MR) is 93.6 cm³/mol. The van der Waals surface area contributed by atoms with Crippen LogP contribution in [-0.2, 0) is 15.7 Å². The first kappa shape index (κ1) is 18.2. The molecule has 1 heterocycles. The van der Waals surface area contributed by atoms with Crippen molar-refractivity contribution in [3.8, 4) is 0 Å². The Bertz CT molecular complexity index is 676. The number of amides is 1. The SMILES string of the molecule is CC1(C)OB(c2ccc3c(c2F)CCCC[C@H]3NC(=O)O)OC1(C)C. The van der Waals surface area contributed by atoms with Gasteiger partial charge in [0.05, 0.1) is 17.2 Å². The smallest absolute Gasteiger partial charge is 0.465 e. The molecular weight excluding hydrogens is 324 g/mol. The number of rotatable bonds is 2. The molecule has 1 aromatic carbocycles. The van der Waals surface area contributed by atoms with Gasteiger partial charge in [0.2, 0.25) is 0 Å². The summed E-state index contributed by atoms with van der Waals surface area (Å²) in [4.78, 5) is 11.0. The molecule has 1 aliphatic heterocycles. The van der Waals surface area contributed by atoms with Gasteiger partial charge in [0.15, 0.2) is 0 Å². The summed E-state index contributed by atoms with van der Waals surface area (Å²) in [5.41, 5.74) is 0.601. The average molecular weight is 349 g/mol. The van der Waals surface area contributed by atoms with E-state index in [4.69, 9.17) is 14.4 Å². The lowest BCUT2D eigenvalue weighted by Gasteiger charge is -2.32. The monoisotopic (exact) mass is 349 g/mol. The van der Waals surface area contributed by atoms with Crippen LogP contribution in [0, 0.1) is 5.82 Å². The Morgan fingerprint density at radius 2 is 1.88 bits per heavy atom. The first-order valence-corrected chi connectivity index (χ1v) is 8.78. The summed E-state index contributed by atoms with van der Waals surface area (Å²) in [6.07, 6.45) is 1.86. The molecule has 7 heteroatoms. The van der Waals surface area contributed by atoms with E-state index in [1.165, 1.54) is 0 Å². The molecule has 1 saturated heterocycles. The van der Waals surface area contributed by atoms with Gasteiger partial charge in [0, 0.05) is 5.46 Å². The van der Waals surface area contributed by atoms with E-state index in [9.17, 15) is 4.79 Å². The Hall–Kier alpha value is -1.60. The van der Waals surface area contributed by atoms with E-state index >= 15 is 4.39 Å². The molecule has 5 nitrogen and oxygen atoms in total. The van der Waals surface area contributed by atoms with Crippen molar-refractivity contribution in [3.63, 3.8) is 0 Å². The fraction of sp³-hybridized carbons (Fsp3) is 0.611. The Morgan fingerprint density at radius 1 is 1.24 bits per heavy atom. The summed E-state index contributed by atoms with van der Waals surface area (Å²) < 4.78 is 27.2. The summed E-state index contributed by atoms with van der Waals surface area (Å²) in [7, 11) is -0.760. The molecule has 0 aromatic heterocycles. The van der Waals surface area contributed by atoms with Gasteiger partial charge in [0.25, 0.3) is 0 Å². The van der Waals surface area contributed by atoms with E-state index in [2.05, 4.69) is 5.32 Å². The Kier molecular flexibility index (Phi) is 4.58. The molecular formula is C18H25BFNO4. The van der Waals surface area contributed by atoms with Gasteiger partial charge in [-0.2, -0.15) is 0 Å². The fourth-order valence-corrected chi connectivity index (χ4v) is 3.49. The summed E-state index contributed by atoms with van der Waals surface area (Å²) in [6.45, 7) is 7.73. The summed E-state index contributed by atoms with van der Waals surface area (Å²) >= 11 is 0. The lowest BCUT2D eigenvalue weighted by atomic mass is 9.76. The van der Waals surface area contributed by atoms with E-state index in [1.807, 2.05) is 33.8 Å². The highest BCUT2D eigenvalue weighted by molar-refractivity contribution is 6.62. The van der Waals surface area contributed by atoms with Crippen LogP contribution in [0.3, 0.4) is 0 Å². The Labute approximate surface area is 148 Å². The lowest BCUT2D eigenvalue weighted by molar-refractivity contribution is 0.00578. The van der Waals surface area contributed by atoms with E-state index in [0.29, 0.717) is 23.9 Å². The molecule has 1 aromatic rings. The van der Waals surface area contributed by atoms with Gasteiger partial charge in [-0.25, -0.2) is 9.18 Å². The lowest BCUT2D eigenvalue weighted by Crippen LogP contribution is -2.41. The maximum Gasteiger partial charge on any atom is 0.497 e. The number of hydrogen-bond donors (Lipinski definition) is 2. The highest BCUT2D eigenvalue weighted by atomic mass is 19.1. The summed E-state index contributed by atoms with van der Waals surface area (Å²) in [5, 5.41) is 11.6. The van der Waals surface area contributed by atoms with E-state index < -0.39 is 24.4 Å². The number of hydrogen-bond acceptors (Lipinski definition) is 3. The second-order valence-corrected chi connectivity index (χ2v) is 7.87. The molecule has 0 bridgehead atoms. The number of carbonyl (C=O) groups is 1. The van der Waals surface area contributed by atoms with Crippen molar-refractivity contribution < 1.29 is 23.6 Å². The van der Waals surface area contributed by atoms with E-state index in [0.717, 1.165) is 18.4 Å². The van der Waals surface area contributed by atoms with Crippen LogP contribution in [0.25, 0.3) is 0 Å². The molecule has 25 heavy (non-hydrogen) atoms. The predicted octanol–water partition coefficient (Wildman–Crippen LogP) is 3.16. The minimum Gasteiger partial charge on any atom is -0.465 e. The van der Waals surface area contributed by atoms with Crippen molar-refractivity contribution >= 4 is 18.7 Å². The van der Waals surface area contributed by atoms with Gasteiger partial charge in [0.1, 0.15) is 5.82 Å². The highest BCUT2D eigenvalue weighted by Gasteiger charge is 2.52. The normalized spacial score (nSPS) is 24.5. The number of carboxylic acid groups (broad SMARTS) is 1. The van der Waals surface area contributed by atoms with Crippen molar-refractivity contribution in [3.05, 3.63) is 29.1 Å². The third-order valence-electron chi connectivity index (χ3n) is 5.66. The van der Waals surface area contributed by atoms with Crippen molar-refractivity contribution in [1.29, 1.82) is 0 Å². The van der Waals surface area contributed by atoms with Crippen LogP contribution in [0.4, 0.5) is 9.18 Å². The van der Waals surface area contributed by atoms with Crippen LogP contribution >= 0.6 is 0 Å². The molecule has 3 rings (SSSR count). The highest BCUT2D eigenvalue weighted by Crippen LogP contribution is 2.37. The quantitative estimate of drug-likeness (QED) is 0.636. The van der Waals surface area contributed by atoms with E-state index in [1.54, 1.807) is 6.07 Å². The second kappa shape index (κ2) is 6.29. The first-order chi connectivity index (χ1) is 11.6. The molecule has 2 N–H and O–H groups in total. The molecule has 1 atom stereocenters. The summed E-state index contributed by atoms with van der Waals surface area (Å²) in [5.74, 6) is -0.338. The first-order valence-electron chi connectivity index (χ1n) is 8.78. The van der Waals surface area contributed by atoms with Crippen molar-refractivity contribution in [2.24, 2.45) is 0 Å². The molecule has 0 unspecified atom stereocenters. The average Bonchev–Trinajstić information content (AvgIpc) is 2.63. The van der Waals surface area contributed by atoms with Gasteiger partial charge >= 0.3 is 13.2 Å². The topological polar surface area (TPSA) is 67.8 Å². The van der Waals surface area contributed by atoms with Gasteiger partial charge in [-0.3, -0.25) is 0 Å². The minimum atomic E-state index is -1.09. The van der Waals surface area contributed by atoms with Crippen LogP contribution < -0.4 is 10.8 Å². The maximum atomic E-state index is 15.3. The zero-order chi connectivity index (χ0) is 18.4. The number of halogens is 1. The van der Waals surface area contributed by atoms with Crippen LogP contribution in [0.15, 0.2) is 12.1 Å². The van der Waals surface area contributed by atoms with Crippen molar-refractivity contribution in [2.45, 2.75) is 70.6 Å². The molecule has 1 aliphatic carbocycles. The van der Waals surface area contributed by atoms with Crippen LogP contribution in [0.2, 0.25) is 0 Å². The largest absolute Gasteiger partial charge is 0.497 e. The maximum absolute atomic E-state index is 15.3. The molecule has 2 aliphatic rings. The van der Waals surface area contributed by atoms with Gasteiger partial charge in [-0.1, -0.05) is 18.6 Å². The fourth-order valence-electron chi connectivity index (χ4n) is 3.49. The third-order valence-corrected chi connectivity index (χ3v) is 5.66. The Morgan fingerprint density at radius 3 is 2.48 bits per heavy atom. The molecule has 0 saturated carbocycles. The van der Waals surface area contributed by atoms with Crippen LogP contribution in [0.5, 0.6) is 0 Å². The molecule has 136 valence electrons. The minimum absolute atomic E-state index is 0.338. The van der Waals surface area contributed by atoms with Crippen LogP contribution in [0.1, 0.15) is 64.1 Å². The summed E-state index contributed by atoms with van der Waals surface area (Å²) in [6, 6.07) is 3.10. The van der Waals surface area contributed by atoms with E-state index in [-0.39, 0.29) is 11.9 Å². The standard InChI is InChI=1S/C18H25BFNO4/c1-17(2)18(3,4)25-19(24-17)13-10-9-11-12(15(13)20)7-5-6-8-14(11)21-16(22)23/h9-10,14,21H,5-8H2,1-4H3,(H,22,23)/t14-/m1/s1. The number of fused-ring (bicyclic) bond motifs is 1.